The molecule has 2 aromatic carbocycles. The van der Waals surface area contributed by atoms with Crippen LogP contribution in [0.1, 0.15) is 21.5 Å². The SMILES string of the molecule is Cc1cccc(C(=O)OCC(=O)NCC(=O)Nc2ccc(F)c(F)c2)c1C. The summed E-state index contributed by atoms with van der Waals surface area (Å²) in [7, 11) is 0. The van der Waals surface area contributed by atoms with Gasteiger partial charge in [-0.05, 0) is 43.2 Å². The summed E-state index contributed by atoms with van der Waals surface area (Å²) in [6.45, 7) is 2.66. The van der Waals surface area contributed by atoms with Gasteiger partial charge in [0.05, 0.1) is 12.1 Å². The van der Waals surface area contributed by atoms with Crippen LogP contribution in [-0.2, 0) is 14.3 Å². The number of hydrogen-bond donors (Lipinski definition) is 2. The van der Waals surface area contributed by atoms with Gasteiger partial charge in [0.15, 0.2) is 18.2 Å². The second-order valence-corrected chi connectivity index (χ2v) is 5.78. The molecule has 0 unspecified atom stereocenters. The first kappa shape index (κ1) is 20.0. The molecule has 0 fully saturated rings. The topological polar surface area (TPSA) is 84.5 Å². The summed E-state index contributed by atoms with van der Waals surface area (Å²) in [6, 6.07) is 8.03. The number of anilines is 1. The summed E-state index contributed by atoms with van der Waals surface area (Å²) in [4.78, 5) is 35.4. The largest absolute Gasteiger partial charge is 0.452 e. The molecule has 142 valence electrons. The molecule has 2 rings (SSSR count). The van der Waals surface area contributed by atoms with Gasteiger partial charge in [0.2, 0.25) is 5.91 Å². The van der Waals surface area contributed by atoms with Crippen molar-refractivity contribution in [2.75, 3.05) is 18.5 Å². The van der Waals surface area contributed by atoms with Gasteiger partial charge in [0.25, 0.3) is 5.91 Å². The molecular weight excluding hydrogens is 358 g/mol. The number of amides is 2. The maximum atomic E-state index is 13.1. The van der Waals surface area contributed by atoms with Gasteiger partial charge in [-0.15, -0.1) is 0 Å². The minimum Gasteiger partial charge on any atom is -0.452 e. The van der Waals surface area contributed by atoms with Crippen molar-refractivity contribution in [1.82, 2.24) is 5.32 Å². The molecule has 0 aliphatic carbocycles. The maximum Gasteiger partial charge on any atom is 0.338 e. The number of benzene rings is 2. The van der Waals surface area contributed by atoms with E-state index in [0.717, 1.165) is 23.3 Å². The number of halogens is 2. The fraction of sp³-hybridized carbons (Fsp3) is 0.211. The van der Waals surface area contributed by atoms with E-state index in [1.807, 2.05) is 13.0 Å². The average Bonchev–Trinajstić information content (AvgIpc) is 2.63. The molecule has 0 aliphatic heterocycles. The van der Waals surface area contributed by atoms with Crippen molar-refractivity contribution in [2.24, 2.45) is 0 Å². The van der Waals surface area contributed by atoms with Crippen LogP contribution in [0.15, 0.2) is 36.4 Å². The lowest BCUT2D eigenvalue weighted by Crippen LogP contribution is -2.35. The fourth-order valence-electron chi connectivity index (χ4n) is 2.19. The van der Waals surface area contributed by atoms with Gasteiger partial charge in [0.1, 0.15) is 0 Å². The molecule has 2 amide bonds. The predicted molar refractivity (Wildman–Crippen MR) is 94.2 cm³/mol. The quantitative estimate of drug-likeness (QED) is 0.759. The van der Waals surface area contributed by atoms with Crippen molar-refractivity contribution < 1.29 is 27.9 Å². The predicted octanol–water partition coefficient (Wildman–Crippen LogP) is 2.49. The summed E-state index contributed by atoms with van der Waals surface area (Å²) < 4.78 is 30.8. The molecule has 0 radical (unpaired) electrons. The minimum atomic E-state index is -1.10. The number of nitrogens with one attached hydrogen (secondary N) is 2. The molecular formula is C19H18F2N2O4. The monoisotopic (exact) mass is 376 g/mol. The van der Waals surface area contributed by atoms with Crippen molar-refractivity contribution in [3.63, 3.8) is 0 Å². The molecule has 0 aliphatic rings. The molecule has 0 aromatic heterocycles. The molecule has 0 saturated heterocycles. The Balaban J connectivity index is 1.78. The molecule has 27 heavy (non-hydrogen) atoms. The molecule has 0 spiro atoms. The summed E-state index contributed by atoms with van der Waals surface area (Å²) in [6.07, 6.45) is 0. The number of carbonyl (C=O) groups is 3. The maximum absolute atomic E-state index is 13.1. The van der Waals surface area contributed by atoms with E-state index in [2.05, 4.69) is 10.6 Å². The van der Waals surface area contributed by atoms with Crippen molar-refractivity contribution in [3.8, 4) is 0 Å². The second-order valence-electron chi connectivity index (χ2n) is 5.78. The zero-order chi connectivity index (χ0) is 20.0. The Bertz CT molecular complexity index is 884. The van der Waals surface area contributed by atoms with Crippen molar-refractivity contribution >= 4 is 23.5 Å². The fourth-order valence-corrected chi connectivity index (χ4v) is 2.19. The highest BCUT2D eigenvalue weighted by molar-refractivity contribution is 5.96. The van der Waals surface area contributed by atoms with Crippen LogP contribution in [-0.4, -0.2) is 30.9 Å². The molecule has 6 nitrogen and oxygen atoms in total. The first-order valence-electron chi connectivity index (χ1n) is 8.03. The van der Waals surface area contributed by atoms with E-state index in [0.29, 0.717) is 5.56 Å². The van der Waals surface area contributed by atoms with Crippen LogP contribution in [0.2, 0.25) is 0 Å². The standard InChI is InChI=1S/C19H18F2N2O4/c1-11-4-3-5-14(12(11)2)19(26)27-10-18(25)22-9-17(24)23-13-6-7-15(20)16(21)8-13/h3-8H,9-10H2,1-2H3,(H,22,25)(H,23,24). The van der Waals surface area contributed by atoms with Gasteiger partial charge in [-0.25, -0.2) is 13.6 Å². The number of rotatable bonds is 6. The van der Waals surface area contributed by atoms with Gasteiger partial charge in [-0.1, -0.05) is 12.1 Å². The van der Waals surface area contributed by atoms with E-state index in [1.165, 1.54) is 6.07 Å². The first-order chi connectivity index (χ1) is 12.8. The number of aryl methyl sites for hydroxylation is 1. The lowest BCUT2D eigenvalue weighted by atomic mass is 10.0. The summed E-state index contributed by atoms with van der Waals surface area (Å²) in [5.74, 6) is -4.09. The zero-order valence-corrected chi connectivity index (χ0v) is 14.8. The summed E-state index contributed by atoms with van der Waals surface area (Å²) in [5.41, 5.74) is 2.09. The van der Waals surface area contributed by atoms with Crippen molar-refractivity contribution in [1.29, 1.82) is 0 Å². The molecule has 0 atom stereocenters. The molecule has 8 heteroatoms. The van der Waals surface area contributed by atoms with E-state index >= 15 is 0 Å². The zero-order valence-electron chi connectivity index (χ0n) is 14.8. The van der Waals surface area contributed by atoms with Gasteiger partial charge in [-0.2, -0.15) is 0 Å². The van der Waals surface area contributed by atoms with Gasteiger partial charge < -0.3 is 15.4 Å². The van der Waals surface area contributed by atoms with Crippen molar-refractivity contribution in [2.45, 2.75) is 13.8 Å². The Morgan fingerprint density at radius 1 is 1.00 bits per heavy atom. The number of esters is 1. The van der Waals surface area contributed by atoms with Gasteiger partial charge >= 0.3 is 5.97 Å². The third-order valence-electron chi connectivity index (χ3n) is 3.81. The molecule has 2 N–H and O–H groups in total. The van der Waals surface area contributed by atoms with Crippen LogP contribution in [0.4, 0.5) is 14.5 Å². The van der Waals surface area contributed by atoms with E-state index in [-0.39, 0.29) is 5.69 Å². The van der Waals surface area contributed by atoms with Crippen LogP contribution >= 0.6 is 0 Å². The third-order valence-corrected chi connectivity index (χ3v) is 3.81. The summed E-state index contributed by atoms with van der Waals surface area (Å²) >= 11 is 0. The number of hydrogen-bond acceptors (Lipinski definition) is 4. The Labute approximate surface area is 154 Å². The Morgan fingerprint density at radius 3 is 2.44 bits per heavy atom. The number of carbonyl (C=O) groups excluding carboxylic acids is 3. The molecule has 2 aromatic rings. The number of ether oxygens (including phenoxy) is 1. The lowest BCUT2D eigenvalue weighted by Gasteiger charge is -2.10. The van der Waals surface area contributed by atoms with E-state index < -0.39 is 42.6 Å². The Morgan fingerprint density at radius 2 is 1.74 bits per heavy atom. The van der Waals surface area contributed by atoms with Crippen LogP contribution in [0, 0.1) is 25.5 Å². The van der Waals surface area contributed by atoms with Crippen molar-refractivity contribution in [3.05, 3.63) is 64.7 Å². The molecule has 0 bridgehead atoms. The van der Waals surface area contributed by atoms with Crippen LogP contribution in [0.5, 0.6) is 0 Å². The van der Waals surface area contributed by atoms with Gasteiger partial charge in [0, 0.05) is 11.8 Å². The molecule has 0 heterocycles. The van der Waals surface area contributed by atoms with Gasteiger partial charge in [-0.3, -0.25) is 9.59 Å². The van der Waals surface area contributed by atoms with E-state index in [1.54, 1.807) is 19.1 Å². The normalized spacial score (nSPS) is 10.2. The Kier molecular flexibility index (Phi) is 6.59. The molecule has 0 saturated carbocycles. The van der Waals surface area contributed by atoms with Crippen LogP contribution in [0.3, 0.4) is 0 Å². The Hall–Kier alpha value is -3.29. The lowest BCUT2D eigenvalue weighted by molar-refractivity contribution is -0.126. The highest BCUT2D eigenvalue weighted by Gasteiger charge is 2.14. The smallest absolute Gasteiger partial charge is 0.338 e. The van der Waals surface area contributed by atoms with E-state index in [9.17, 15) is 23.2 Å². The average molecular weight is 376 g/mol. The minimum absolute atomic E-state index is 0.0505. The highest BCUT2D eigenvalue weighted by atomic mass is 19.2. The second kappa shape index (κ2) is 8.88. The summed E-state index contributed by atoms with van der Waals surface area (Å²) in [5, 5.41) is 4.57. The first-order valence-corrected chi connectivity index (χ1v) is 8.03. The van der Waals surface area contributed by atoms with Crippen LogP contribution < -0.4 is 10.6 Å². The third kappa shape index (κ3) is 5.60. The van der Waals surface area contributed by atoms with E-state index in [4.69, 9.17) is 4.74 Å². The van der Waals surface area contributed by atoms with Crippen LogP contribution in [0.25, 0.3) is 0 Å². The highest BCUT2D eigenvalue weighted by Crippen LogP contribution is 2.14.